The third-order valence-corrected chi connectivity index (χ3v) is 4.87. The fourth-order valence-corrected chi connectivity index (χ4v) is 3.21. The van der Waals surface area contributed by atoms with Crippen LogP contribution in [-0.4, -0.2) is 41.0 Å². The summed E-state index contributed by atoms with van der Waals surface area (Å²) in [5.41, 5.74) is 0.0159. The number of rotatable bonds is 11. The van der Waals surface area contributed by atoms with E-state index in [9.17, 15) is 5.11 Å². The molecule has 2 aromatic rings. The van der Waals surface area contributed by atoms with Crippen LogP contribution in [0.1, 0.15) is 19.0 Å². The molecule has 0 bridgehead atoms. The highest BCUT2D eigenvalue weighted by molar-refractivity contribution is 7.45. The summed E-state index contributed by atoms with van der Waals surface area (Å²) in [5, 5.41) is 21.8. The largest absolute Gasteiger partial charge is 0.492 e. The van der Waals surface area contributed by atoms with Crippen LogP contribution in [0, 0.1) is 11.3 Å². The van der Waals surface area contributed by atoms with Crippen LogP contribution in [0.3, 0.4) is 0 Å². The number of hydrogen-bond acceptors (Lipinski definition) is 7. The number of ether oxygens (including phenoxy) is 1. The molecule has 1 aromatic heterocycles. The average molecular weight is 378 g/mol. The molecule has 2 N–H and O–H groups in total. The zero-order valence-electron chi connectivity index (χ0n) is 14.8. The van der Waals surface area contributed by atoms with E-state index in [4.69, 9.17) is 19.0 Å². The van der Waals surface area contributed by atoms with Gasteiger partial charge in [-0.2, -0.15) is 5.26 Å². The second kappa shape index (κ2) is 10.7. The van der Waals surface area contributed by atoms with Crippen molar-refractivity contribution in [2.24, 2.45) is 0 Å². The molecule has 0 fully saturated rings. The summed E-state index contributed by atoms with van der Waals surface area (Å²) in [6.45, 7) is 3.50. The Balaban J connectivity index is 1.85. The van der Waals surface area contributed by atoms with Crippen molar-refractivity contribution in [1.29, 1.82) is 5.26 Å². The van der Waals surface area contributed by atoms with Gasteiger partial charge in [0.2, 0.25) is 11.6 Å². The lowest BCUT2D eigenvalue weighted by atomic mass is 10.2. The van der Waals surface area contributed by atoms with Crippen molar-refractivity contribution in [1.82, 2.24) is 14.6 Å². The fraction of sp³-hybridized carbons (Fsp3) is 0.412. The minimum absolute atomic E-state index is 0.0159. The Morgan fingerprint density at radius 3 is 2.77 bits per heavy atom. The summed E-state index contributed by atoms with van der Waals surface area (Å²) in [7, 11) is 0.321. The van der Waals surface area contributed by atoms with Gasteiger partial charge in [-0.05, 0) is 18.6 Å². The molecular weight excluding hydrogens is 355 g/mol. The van der Waals surface area contributed by atoms with Gasteiger partial charge in [-0.3, -0.25) is 0 Å². The van der Waals surface area contributed by atoms with Gasteiger partial charge in [-0.25, -0.2) is 10.1 Å². The lowest BCUT2D eigenvalue weighted by Crippen LogP contribution is -2.22. The Bertz CT molecular complexity index is 705. The zero-order chi connectivity index (χ0) is 18.8. The first-order valence-electron chi connectivity index (χ1n) is 8.24. The Kier molecular flexibility index (Phi) is 8.32. The number of para-hydroxylation sites is 1. The van der Waals surface area contributed by atoms with Gasteiger partial charge in [0.1, 0.15) is 11.8 Å². The molecule has 0 spiro atoms. The van der Waals surface area contributed by atoms with Gasteiger partial charge in [0.25, 0.3) is 0 Å². The average Bonchev–Trinajstić information content (AvgIpc) is 3.02. The smallest absolute Gasteiger partial charge is 0.318 e. The third kappa shape index (κ3) is 5.97. The number of aryl methyl sites for hydroxylation is 1. The molecule has 0 saturated carbocycles. The predicted octanol–water partition coefficient (Wildman–Crippen LogP) is 2.80. The summed E-state index contributed by atoms with van der Waals surface area (Å²) in [6.07, 6.45) is 1.84. The first-order chi connectivity index (χ1) is 12.7. The number of nitrogens with one attached hydrogen (secondary N) is 1. The first-order valence-corrected chi connectivity index (χ1v) is 9.42. The van der Waals surface area contributed by atoms with Crippen molar-refractivity contribution < 1.29 is 18.9 Å². The number of aromatic hydroxyl groups is 1. The van der Waals surface area contributed by atoms with Crippen molar-refractivity contribution in [3.63, 3.8) is 0 Å². The highest BCUT2D eigenvalue weighted by Gasteiger charge is 2.17. The third-order valence-electron chi connectivity index (χ3n) is 3.54. The van der Waals surface area contributed by atoms with Crippen LogP contribution < -0.4 is 9.61 Å². The second-order valence-electron chi connectivity index (χ2n) is 5.34. The Morgan fingerprint density at radius 1 is 1.38 bits per heavy atom. The highest BCUT2D eigenvalue weighted by atomic mass is 31.2. The van der Waals surface area contributed by atoms with E-state index in [0.29, 0.717) is 19.6 Å². The monoisotopic (exact) mass is 378 g/mol. The van der Waals surface area contributed by atoms with E-state index >= 15 is 0 Å². The van der Waals surface area contributed by atoms with Gasteiger partial charge in [-0.1, -0.05) is 25.1 Å². The van der Waals surface area contributed by atoms with E-state index in [1.54, 1.807) is 7.11 Å². The van der Waals surface area contributed by atoms with Gasteiger partial charge < -0.3 is 23.5 Å². The van der Waals surface area contributed by atoms with Crippen LogP contribution in [0.2, 0.25) is 0 Å². The number of imidazole rings is 1. The maximum atomic E-state index is 9.85. The zero-order valence-corrected chi connectivity index (χ0v) is 15.7. The normalized spacial score (nSPS) is 13.1. The standard InChI is InChI=1S/C17H23N4O4P/c1-3-20-26(25-14-7-5-4-6-8-14)24-12-15(23-2)9-10-21-13-19-16(11-18)17(21)22/h4-8,13,15,20,22H,3,9-10,12H2,1-2H3. The molecule has 1 aromatic carbocycles. The van der Waals surface area contributed by atoms with Crippen molar-refractivity contribution >= 4 is 8.53 Å². The number of nitrogens with zero attached hydrogens (tertiary/aromatic N) is 3. The molecule has 2 unspecified atom stereocenters. The molecule has 0 amide bonds. The summed E-state index contributed by atoms with van der Waals surface area (Å²) in [6, 6.07) is 11.3. The number of nitriles is 1. The molecule has 140 valence electrons. The Labute approximate surface area is 154 Å². The maximum absolute atomic E-state index is 9.85. The summed E-state index contributed by atoms with van der Waals surface area (Å²) < 4.78 is 18.6. The second-order valence-corrected chi connectivity index (χ2v) is 6.61. The molecule has 0 aliphatic carbocycles. The van der Waals surface area contributed by atoms with Crippen LogP contribution in [0.15, 0.2) is 36.7 Å². The Morgan fingerprint density at radius 2 is 2.15 bits per heavy atom. The van der Waals surface area contributed by atoms with E-state index in [1.807, 2.05) is 43.3 Å². The number of methoxy groups -OCH3 is 1. The van der Waals surface area contributed by atoms with Crippen LogP contribution in [0.25, 0.3) is 0 Å². The predicted molar refractivity (Wildman–Crippen MR) is 97.6 cm³/mol. The molecule has 0 radical (unpaired) electrons. The van der Waals surface area contributed by atoms with Crippen LogP contribution in [0.4, 0.5) is 0 Å². The number of aromatic nitrogens is 2. The van der Waals surface area contributed by atoms with E-state index in [-0.39, 0.29) is 17.7 Å². The number of benzene rings is 1. The van der Waals surface area contributed by atoms with Crippen molar-refractivity contribution in [2.75, 3.05) is 20.3 Å². The molecular formula is C17H23N4O4P. The van der Waals surface area contributed by atoms with Gasteiger partial charge in [0, 0.05) is 20.2 Å². The Hall–Kier alpha value is -2.17. The summed E-state index contributed by atoms with van der Waals surface area (Å²) >= 11 is 0. The van der Waals surface area contributed by atoms with Crippen LogP contribution in [0.5, 0.6) is 11.6 Å². The van der Waals surface area contributed by atoms with Gasteiger partial charge >= 0.3 is 8.53 Å². The molecule has 0 aliphatic rings. The van der Waals surface area contributed by atoms with Crippen molar-refractivity contribution in [3.05, 3.63) is 42.4 Å². The molecule has 0 saturated heterocycles. The minimum atomic E-state index is -1.29. The van der Waals surface area contributed by atoms with Gasteiger partial charge in [0.15, 0.2) is 0 Å². The van der Waals surface area contributed by atoms with Crippen molar-refractivity contribution in [3.8, 4) is 17.7 Å². The van der Waals surface area contributed by atoms with E-state index < -0.39 is 8.53 Å². The fourth-order valence-electron chi connectivity index (χ4n) is 2.13. The lowest BCUT2D eigenvalue weighted by molar-refractivity contribution is 0.0489. The maximum Gasteiger partial charge on any atom is 0.318 e. The van der Waals surface area contributed by atoms with Gasteiger partial charge in [-0.15, -0.1) is 0 Å². The minimum Gasteiger partial charge on any atom is -0.492 e. The first kappa shape index (κ1) is 20.1. The van der Waals surface area contributed by atoms with E-state index in [1.165, 1.54) is 10.9 Å². The number of hydrogen-bond donors (Lipinski definition) is 2. The van der Waals surface area contributed by atoms with E-state index in [0.717, 1.165) is 12.3 Å². The van der Waals surface area contributed by atoms with Crippen LogP contribution in [-0.2, 0) is 15.8 Å². The molecule has 26 heavy (non-hydrogen) atoms. The molecule has 8 nitrogen and oxygen atoms in total. The summed E-state index contributed by atoms with van der Waals surface area (Å²) in [4.78, 5) is 3.84. The SMILES string of the molecule is CCNP(OCC(CCn1cnc(C#N)c1O)OC)Oc1ccccc1. The van der Waals surface area contributed by atoms with Crippen LogP contribution >= 0.6 is 8.53 Å². The molecule has 1 heterocycles. The van der Waals surface area contributed by atoms with E-state index in [2.05, 4.69) is 10.1 Å². The molecule has 2 atom stereocenters. The lowest BCUT2D eigenvalue weighted by Gasteiger charge is -2.21. The topological polar surface area (TPSA) is 102 Å². The molecule has 2 rings (SSSR count). The van der Waals surface area contributed by atoms with Gasteiger partial charge in [0.05, 0.1) is 19.0 Å². The quantitative estimate of drug-likeness (QED) is 0.580. The summed E-state index contributed by atoms with van der Waals surface area (Å²) in [5.74, 6) is 0.603. The van der Waals surface area contributed by atoms with Crippen molar-refractivity contribution in [2.45, 2.75) is 26.0 Å². The molecule has 0 aliphatic heterocycles. The highest BCUT2D eigenvalue weighted by Crippen LogP contribution is 2.35. The molecule has 9 heteroatoms.